The van der Waals surface area contributed by atoms with Crippen molar-refractivity contribution in [2.24, 2.45) is 0 Å². The molecule has 1 aromatic rings. The number of imidazole rings is 1. The number of rotatable bonds is 3. The first kappa shape index (κ1) is 13.4. The third kappa shape index (κ3) is 2.15. The molecule has 1 N–H and O–H groups in total. The van der Waals surface area contributed by atoms with Gasteiger partial charge in [-0.05, 0) is 36.1 Å². The summed E-state index contributed by atoms with van der Waals surface area (Å²) in [5.41, 5.74) is 0. The third-order valence-corrected chi connectivity index (χ3v) is 4.43. The summed E-state index contributed by atoms with van der Waals surface area (Å²) in [6, 6.07) is 1.02. The molecule has 2 saturated heterocycles. The van der Waals surface area contributed by atoms with Gasteiger partial charge in [-0.2, -0.15) is 0 Å². The van der Waals surface area contributed by atoms with Gasteiger partial charge in [0.2, 0.25) is 11.6 Å². The van der Waals surface area contributed by atoms with Gasteiger partial charge in [0.05, 0.1) is 0 Å². The molecule has 1 aromatic heterocycles. The molecule has 3 heterocycles. The Morgan fingerprint density at radius 3 is 2.85 bits per heavy atom. The molecule has 0 saturated carbocycles. The standard InChI is InChI=1S/C13H21N5O2/c1-3-17-9(2)14-12(18(19)20)13(17)16-7-6-10-4-5-11(8-16)15-10/h10-11,15H,3-8H2,1-2H3. The van der Waals surface area contributed by atoms with Crippen LogP contribution in [0, 0.1) is 17.0 Å². The lowest BCUT2D eigenvalue weighted by molar-refractivity contribution is -0.388. The number of fused-ring (bicyclic) bond motifs is 2. The number of hydrogen-bond acceptors (Lipinski definition) is 5. The zero-order valence-corrected chi connectivity index (χ0v) is 12.0. The number of hydrogen-bond donors (Lipinski definition) is 1. The molecule has 7 nitrogen and oxygen atoms in total. The zero-order valence-electron chi connectivity index (χ0n) is 12.0. The lowest BCUT2D eigenvalue weighted by Crippen LogP contribution is -2.36. The Kier molecular flexibility index (Phi) is 3.37. The predicted molar refractivity (Wildman–Crippen MR) is 76.1 cm³/mol. The van der Waals surface area contributed by atoms with Crippen molar-refractivity contribution in [3.05, 3.63) is 15.9 Å². The van der Waals surface area contributed by atoms with Crippen LogP contribution < -0.4 is 10.2 Å². The Labute approximate surface area is 118 Å². The lowest BCUT2D eigenvalue weighted by atomic mass is 10.1. The summed E-state index contributed by atoms with van der Waals surface area (Å²) in [6.45, 7) is 6.25. The molecule has 20 heavy (non-hydrogen) atoms. The first-order chi connectivity index (χ1) is 9.60. The summed E-state index contributed by atoms with van der Waals surface area (Å²) in [7, 11) is 0. The van der Waals surface area contributed by atoms with Gasteiger partial charge in [0.1, 0.15) is 0 Å². The van der Waals surface area contributed by atoms with Gasteiger partial charge in [-0.3, -0.25) is 4.57 Å². The molecule has 110 valence electrons. The molecule has 0 radical (unpaired) electrons. The highest BCUT2D eigenvalue weighted by Crippen LogP contribution is 2.32. The summed E-state index contributed by atoms with van der Waals surface area (Å²) >= 11 is 0. The SMILES string of the molecule is CCn1c(C)nc([N+](=O)[O-])c1N1CCC2CCC(C1)N2. The van der Waals surface area contributed by atoms with Crippen LogP contribution in [0.15, 0.2) is 0 Å². The Hall–Kier alpha value is -1.63. The minimum Gasteiger partial charge on any atom is -0.358 e. The van der Waals surface area contributed by atoms with E-state index >= 15 is 0 Å². The number of nitro groups is 1. The molecule has 2 unspecified atom stereocenters. The second-order valence-electron chi connectivity index (χ2n) is 5.68. The highest BCUT2D eigenvalue weighted by molar-refractivity contribution is 5.56. The van der Waals surface area contributed by atoms with E-state index in [-0.39, 0.29) is 10.7 Å². The van der Waals surface area contributed by atoms with Crippen LogP contribution in [0.4, 0.5) is 11.6 Å². The molecule has 0 aliphatic carbocycles. The van der Waals surface area contributed by atoms with E-state index in [0.29, 0.717) is 24.4 Å². The fourth-order valence-corrected chi connectivity index (χ4v) is 3.49. The molecule has 0 spiro atoms. The smallest absolute Gasteiger partial charge is 0.358 e. The predicted octanol–water partition coefficient (Wildman–Crippen LogP) is 1.45. The van der Waals surface area contributed by atoms with E-state index in [0.717, 1.165) is 31.8 Å². The van der Waals surface area contributed by atoms with Crippen molar-refractivity contribution >= 4 is 11.6 Å². The van der Waals surface area contributed by atoms with Gasteiger partial charge in [-0.25, -0.2) is 0 Å². The quantitative estimate of drug-likeness (QED) is 0.669. The summed E-state index contributed by atoms with van der Waals surface area (Å²) in [4.78, 5) is 17.2. The largest absolute Gasteiger partial charge is 0.406 e. The van der Waals surface area contributed by atoms with Gasteiger partial charge in [-0.1, -0.05) is 0 Å². The maximum atomic E-state index is 11.3. The fourth-order valence-electron chi connectivity index (χ4n) is 3.49. The molecule has 2 aliphatic heterocycles. The Morgan fingerprint density at radius 1 is 1.40 bits per heavy atom. The minimum atomic E-state index is -0.356. The first-order valence-electron chi connectivity index (χ1n) is 7.32. The number of aryl methyl sites for hydroxylation is 1. The molecule has 0 amide bonds. The van der Waals surface area contributed by atoms with E-state index in [1.807, 2.05) is 18.4 Å². The maximum Gasteiger partial charge on any atom is 0.406 e. The summed E-state index contributed by atoms with van der Waals surface area (Å²) in [5, 5.41) is 14.9. The van der Waals surface area contributed by atoms with Crippen LogP contribution >= 0.6 is 0 Å². The van der Waals surface area contributed by atoms with Crippen LogP contribution in [-0.4, -0.2) is 39.6 Å². The lowest BCUT2D eigenvalue weighted by Gasteiger charge is -2.26. The average molecular weight is 279 g/mol. The summed E-state index contributed by atoms with van der Waals surface area (Å²) < 4.78 is 1.96. The second-order valence-corrected chi connectivity index (χ2v) is 5.68. The number of anilines is 1. The van der Waals surface area contributed by atoms with Gasteiger partial charge in [0.25, 0.3) is 0 Å². The van der Waals surface area contributed by atoms with Crippen LogP contribution in [0.3, 0.4) is 0 Å². The number of nitrogens with one attached hydrogen (secondary N) is 1. The van der Waals surface area contributed by atoms with Crippen molar-refractivity contribution in [3.8, 4) is 0 Å². The van der Waals surface area contributed by atoms with Gasteiger partial charge in [0, 0.05) is 38.6 Å². The summed E-state index contributed by atoms with van der Waals surface area (Å²) in [6.07, 6.45) is 3.43. The van der Waals surface area contributed by atoms with E-state index in [2.05, 4.69) is 15.2 Å². The van der Waals surface area contributed by atoms with Crippen LogP contribution in [0.1, 0.15) is 32.0 Å². The molecule has 0 aromatic carbocycles. The highest BCUT2D eigenvalue weighted by atomic mass is 16.6. The average Bonchev–Trinajstić information content (AvgIpc) is 2.90. The van der Waals surface area contributed by atoms with Gasteiger partial charge >= 0.3 is 5.82 Å². The molecule has 2 fully saturated rings. The zero-order chi connectivity index (χ0) is 14.3. The van der Waals surface area contributed by atoms with Crippen molar-refractivity contribution in [3.63, 3.8) is 0 Å². The summed E-state index contributed by atoms with van der Waals surface area (Å²) in [5.74, 6) is 1.41. The first-order valence-corrected chi connectivity index (χ1v) is 7.32. The Morgan fingerprint density at radius 2 is 2.15 bits per heavy atom. The van der Waals surface area contributed by atoms with Gasteiger partial charge in [-0.15, -0.1) is 0 Å². The van der Waals surface area contributed by atoms with Crippen molar-refractivity contribution in [1.82, 2.24) is 14.9 Å². The van der Waals surface area contributed by atoms with Crippen molar-refractivity contribution in [1.29, 1.82) is 0 Å². The third-order valence-electron chi connectivity index (χ3n) is 4.43. The fraction of sp³-hybridized carbons (Fsp3) is 0.769. The van der Waals surface area contributed by atoms with Gasteiger partial charge < -0.3 is 20.3 Å². The van der Waals surface area contributed by atoms with Crippen LogP contribution in [0.2, 0.25) is 0 Å². The van der Waals surface area contributed by atoms with Crippen LogP contribution in [0.5, 0.6) is 0 Å². The van der Waals surface area contributed by atoms with E-state index in [9.17, 15) is 10.1 Å². The normalized spacial score (nSPS) is 25.8. The Bertz CT molecular complexity index is 527. The van der Waals surface area contributed by atoms with E-state index < -0.39 is 0 Å². The van der Waals surface area contributed by atoms with E-state index in [1.165, 1.54) is 6.42 Å². The molecule has 2 aliphatic rings. The van der Waals surface area contributed by atoms with Crippen LogP contribution in [-0.2, 0) is 6.54 Å². The molecule has 3 rings (SSSR count). The van der Waals surface area contributed by atoms with E-state index in [1.54, 1.807) is 0 Å². The van der Waals surface area contributed by atoms with Crippen molar-refractivity contribution in [2.45, 2.75) is 51.7 Å². The highest BCUT2D eigenvalue weighted by Gasteiger charge is 2.35. The molecular formula is C13H21N5O2. The molecule has 2 atom stereocenters. The number of aromatic nitrogens is 2. The number of nitrogens with zero attached hydrogens (tertiary/aromatic N) is 4. The topological polar surface area (TPSA) is 76.2 Å². The maximum absolute atomic E-state index is 11.3. The molecular weight excluding hydrogens is 258 g/mol. The second kappa shape index (κ2) is 5.05. The van der Waals surface area contributed by atoms with Crippen molar-refractivity contribution in [2.75, 3.05) is 18.0 Å². The van der Waals surface area contributed by atoms with Crippen molar-refractivity contribution < 1.29 is 4.92 Å². The van der Waals surface area contributed by atoms with Crippen LogP contribution in [0.25, 0.3) is 0 Å². The molecule has 7 heteroatoms. The Balaban J connectivity index is 1.97. The van der Waals surface area contributed by atoms with Gasteiger partial charge in [0.15, 0.2) is 0 Å². The minimum absolute atomic E-state index is 0.00197. The molecule has 2 bridgehead atoms. The van der Waals surface area contributed by atoms with E-state index in [4.69, 9.17) is 0 Å². The monoisotopic (exact) mass is 279 g/mol.